The summed E-state index contributed by atoms with van der Waals surface area (Å²) in [4.78, 5) is 43.0. The molecule has 1 unspecified atom stereocenters. The van der Waals surface area contributed by atoms with Crippen LogP contribution < -0.4 is 10.9 Å². The molecular weight excluding hydrogens is 411 g/mol. The average molecular weight is 426 g/mol. The third kappa shape index (κ3) is 3.94. The number of aromatic amines is 1. The normalized spacial score (nSPS) is 15.4. The lowest BCUT2D eigenvalue weighted by Gasteiger charge is -2.24. The van der Waals surface area contributed by atoms with Crippen LogP contribution in [0.5, 0.6) is 0 Å². The molecule has 0 bridgehead atoms. The van der Waals surface area contributed by atoms with Crippen molar-refractivity contribution in [2.45, 2.75) is 23.2 Å². The lowest BCUT2D eigenvalue weighted by molar-refractivity contribution is -0.385. The fourth-order valence-electron chi connectivity index (χ4n) is 3.37. The van der Waals surface area contributed by atoms with Crippen LogP contribution >= 0.6 is 11.8 Å². The molecule has 0 spiro atoms. The minimum Gasteiger partial charge on any atom is -0.310 e. The van der Waals surface area contributed by atoms with Gasteiger partial charge in [0.25, 0.3) is 11.2 Å². The van der Waals surface area contributed by atoms with Crippen molar-refractivity contribution in [2.75, 3.05) is 5.32 Å². The minimum atomic E-state index is -0.775. The van der Waals surface area contributed by atoms with Gasteiger partial charge in [-0.15, -0.1) is 0 Å². The van der Waals surface area contributed by atoms with Crippen LogP contribution in [0.15, 0.2) is 58.5 Å². The molecule has 0 saturated heterocycles. The summed E-state index contributed by atoms with van der Waals surface area (Å²) < 4.78 is 13.0. The number of carbonyl (C=O) groups is 1. The van der Waals surface area contributed by atoms with Crippen molar-refractivity contribution in [3.8, 4) is 0 Å². The second kappa shape index (κ2) is 8.07. The van der Waals surface area contributed by atoms with E-state index in [-0.39, 0.29) is 45.9 Å². The van der Waals surface area contributed by atoms with Crippen molar-refractivity contribution < 1.29 is 14.1 Å². The SMILES string of the molecule is O=C1CC(c2ccccc2[N+](=O)[O-])c2c(nc(SCc3ccc(F)cc3)[nH]c2=O)N1. The van der Waals surface area contributed by atoms with Gasteiger partial charge in [-0.2, -0.15) is 0 Å². The first kappa shape index (κ1) is 19.8. The summed E-state index contributed by atoms with van der Waals surface area (Å²) in [5.41, 5.74) is 0.693. The number of para-hydroxylation sites is 1. The number of carbonyl (C=O) groups excluding carboxylic acids is 1. The second-order valence-electron chi connectivity index (χ2n) is 6.67. The van der Waals surface area contributed by atoms with Crippen molar-refractivity contribution in [1.29, 1.82) is 0 Å². The maximum atomic E-state index is 13.0. The minimum absolute atomic E-state index is 0.0926. The van der Waals surface area contributed by atoms with Crippen LogP contribution in [0.2, 0.25) is 0 Å². The first-order chi connectivity index (χ1) is 14.4. The number of halogens is 1. The van der Waals surface area contributed by atoms with Crippen LogP contribution in [-0.4, -0.2) is 20.8 Å². The van der Waals surface area contributed by atoms with E-state index in [1.54, 1.807) is 24.3 Å². The van der Waals surface area contributed by atoms with Gasteiger partial charge in [0.15, 0.2) is 5.16 Å². The van der Waals surface area contributed by atoms with Crippen molar-refractivity contribution in [3.05, 3.63) is 91.5 Å². The molecule has 1 aliphatic heterocycles. The molecule has 4 rings (SSSR count). The van der Waals surface area contributed by atoms with E-state index < -0.39 is 16.4 Å². The van der Waals surface area contributed by atoms with Gasteiger partial charge in [-0.05, 0) is 17.7 Å². The summed E-state index contributed by atoms with van der Waals surface area (Å²) in [5, 5.41) is 14.3. The summed E-state index contributed by atoms with van der Waals surface area (Å²) in [6, 6.07) is 12.0. The topological polar surface area (TPSA) is 118 Å². The number of hydrogen-bond donors (Lipinski definition) is 2. The zero-order valence-electron chi connectivity index (χ0n) is 15.4. The molecule has 2 heterocycles. The molecule has 0 saturated carbocycles. The highest BCUT2D eigenvalue weighted by atomic mass is 32.2. The van der Waals surface area contributed by atoms with Gasteiger partial charge in [0, 0.05) is 29.7 Å². The van der Waals surface area contributed by atoms with E-state index in [2.05, 4.69) is 15.3 Å². The molecule has 30 heavy (non-hydrogen) atoms. The molecule has 8 nitrogen and oxygen atoms in total. The van der Waals surface area contributed by atoms with E-state index in [0.29, 0.717) is 5.75 Å². The van der Waals surface area contributed by atoms with Gasteiger partial charge >= 0.3 is 0 Å². The molecule has 1 amide bonds. The van der Waals surface area contributed by atoms with Crippen LogP contribution in [-0.2, 0) is 10.5 Å². The predicted octanol–water partition coefficient (Wildman–Crippen LogP) is 3.58. The summed E-state index contributed by atoms with van der Waals surface area (Å²) in [6.45, 7) is 0. The van der Waals surface area contributed by atoms with E-state index in [9.17, 15) is 24.1 Å². The molecule has 0 fully saturated rings. The number of thioether (sulfide) groups is 1. The van der Waals surface area contributed by atoms with Gasteiger partial charge in [-0.1, -0.05) is 42.1 Å². The molecule has 1 aromatic heterocycles. The van der Waals surface area contributed by atoms with E-state index in [4.69, 9.17) is 0 Å². The molecule has 3 aromatic rings. The first-order valence-electron chi connectivity index (χ1n) is 8.97. The van der Waals surface area contributed by atoms with E-state index >= 15 is 0 Å². The van der Waals surface area contributed by atoms with Crippen molar-refractivity contribution >= 4 is 29.2 Å². The Balaban J connectivity index is 1.69. The second-order valence-corrected chi connectivity index (χ2v) is 7.63. The number of nitrogens with one attached hydrogen (secondary N) is 2. The zero-order valence-corrected chi connectivity index (χ0v) is 16.2. The highest BCUT2D eigenvalue weighted by Gasteiger charge is 2.34. The fourth-order valence-corrected chi connectivity index (χ4v) is 4.18. The Bertz CT molecular complexity index is 1200. The number of nitrogens with zero attached hydrogens (tertiary/aromatic N) is 2. The van der Waals surface area contributed by atoms with Crippen molar-refractivity contribution in [3.63, 3.8) is 0 Å². The lowest BCUT2D eigenvalue weighted by atomic mass is 9.86. The number of anilines is 1. The summed E-state index contributed by atoms with van der Waals surface area (Å²) >= 11 is 1.22. The van der Waals surface area contributed by atoms with E-state index in [1.807, 2.05) is 0 Å². The Morgan fingerprint density at radius 1 is 1.17 bits per heavy atom. The van der Waals surface area contributed by atoms with Gasteiger partial charge in [0.05, 0.1) is 10.5 Å². The summed E-state index contributed by atoms with van der Waals surface area (Å²) in [6.07, 6.45) is -0.0926. The first-order valence-corrected chi connectivity index (χ1v) is 9.95. The average Bonchev–Trinajstić information content (AvgIpc) is 2.72. The van der Waals surface area contributed by atoms with Crippen LogP contribution in [0, 0.1) is 15.9 Å². The highest BCUT2D eigenvalue weighted by molar-refractivity contribution is 7.98. The number of aromatic nitrogens is 2. The third-order valence-corrected chi connectivity index (χ3v) is 5.67. The zero-order chi connectivity index (χ0) is 21.3. The smallest absolute Gasteiger partial charge is 0.273 e. The Morgan fingerprint density at radius 3 is 2.63 bits per heavy atom. The predicted molar refractivity (Wildman–Crippen MR) is 109 cm³/mol. The van der Waals surface area contributed by atoms with Crippen molar-refractivity contribution in [2.24, 2.45) is 0 Å². The molecule has 1 aliphatic rings. The van der Waals surface area contributed by atoms with Crippen LogP contribution in [0.25, 0.3) is 0 Å². The molecule has 0 aliphatic carbocycles. The number of benzene rings is 2. The number of H-pyrrole nitrogens is 1. The Labute approximate surface area is 173 Å². The van der Waals surface area contributed by atoms with Gasteiger partial charge < -0.3 is 10.3 Å². The largest absolute Gasteiger partial charge is 0.310 e. The monoisotopic (exact) mass is 426 g/mol. The van der Waals surface area contributed by atoms with E-state index in [0.717, 1.165) is 5.56 Å². The van der Waals surface area contributed by atoms with Crippen LogP contribution in [0.3, 0.4) is 0 Å². The standard InChI is InChI=1S/C20H15FN4O4S/c21-12-7-5-11(6-8-12)10-30-20-23-18-17(19(27)24-20)14(9-16(26)22-18)13-3-1-2-4-15(13)25(28)29/h1-8,14H,9-10H2,(H2,22,23,24,26,27). The lowest BCUT2D eigenvalue weighted by Crippen LogP contribution is -2.31. The number of nitro groups is 1. The summed E-state index contributed by atoms with van der Waals surface area (Å²) in [5.74, 6) is -0.961. The molecule has 1 atom stereocenters. The van der Waals surface area contributed by atoms with E-state index in [1.165, 1.54) is 36.0 Å². The highest BCUT2D eigenvalue weighted by Crippen LogP contribution is 2.38. The van der Waals surface area contributed by atoms with Crippen molar-refractivity contribution in [1.82, 2.24) is 9.97 Å². The Morgan fingerprint density at radius 2 is 1.90 bits per heavy atom. The maximum absolute atomic E-state index is 13.0. The fraction of sp³-hybridized carbons (Fsp3) is 0.150. The van der Waals surface area contributed by atoms with Gasteiger partial charge in [0.2, 0.25) is 5.91 Å². The maximum Gasteiger partial charge on any atom is 0.273 e. The van der Waals surface area contributed by atoms with Gasteiger partial charge in [-0.25, -0.2) is 9.37 Å². The summed E-state index contributed by atoms with van der Waals surface area (Å²) in [7, 11) is 0. The Hall–Kier alpha value is -3.53. The number of rotatable bonds is 5. The van der Waals surface area contributed by atoms with Gasteiger partial charge in [0.1, 0.15) is 11.6 Å². The third-order valence-electron chi connectivity index (χ3n) is 4.73. The number of hydrogen-bond acceptors (Lipinski definition) is 6. The Kier molecular flexibility index (Phi) is 5.32. The van der Waals surface area contributed by atoms with Crippen LogP contribution in [0.1, 0.15) is 29.0 Å². The molecule has 0 radical (unpaired) electrons. The van der Waals surface area contributed by atoms with Gasteiger partial charge in [-0.3, -0.25) is 19.7 Å². The molecule has 10 heteroatoms. The molecule has 2 N–H and O–H groups in total. The molecular formula is C20H15FN4O4S. The molecule has 152 valence electrons. The number of fused-ring (bicyclic) bond motifs is 1. The number of nitro benzene ring substituents is 1. The number of amides is 1. The van der Waals surface area contributed by atoms with Crippen LogP contribution in [0.4, 0.5) is 15.9 Å². The quantitative estimate of drug-likeness (QED) is 0.279. The molecule has 2 aromatic carbocycles.